The summed E-state index contributed by atoms with van der Waals surface area (Å²) in [6.07, 6.45) is 1.31. The monoisotopic (exact) mass is 385 g/mol. The van der Waals surface area contributed by atoms with Gasteiger partial charge in [-0.3, -0.25) is 14.9 Å². The van der Waals surface area contributed by atoms with Crippen molar-refractivity contribution in [2.75, 3.05) is 12.4 Å². The number of anilines is 1. The van der Waals surface area contributed by atoms with Gasteiger partial charge in [-0.05, 0) is 43.2 Å². The SMILES string of the molecule is COC(=O)c1c(NC(=O)/C(C#N)=C/c2ccc([N+](=O)[O-])cc2)sc(C)c1C. The van der Waals surface area contributed by atoms with Gasteiger partial charge in [-0.15, -0.1) is 11.3 Å². The molecule has 0 saturated carbocycles. The number of methoxy groups -OCH3 is 1. The first-order chi connectivity index (χ1) is 12.8. The molecular weight excluding hydrogens is 370 g/mol. The molecule has 0 saturated heterocycles. The predicted molar refractivity (Wildman–Crippen MR) is 100 cm³/mol. The Morgan fingerprint density at radius 2 is 1.93 bits per heavy atom. The van der Waals surface area contributed by atoms with Crippen LogP contribution in [0.5, 0.6) is 0 Å². The molecule has 0 spiro atoms. The van der Waals surface area contributed by atoms with Crippen molar-refractivity contribution in [3.8, 4) is 6.07 Å². The molecule has 0 radical (unpaired) electrons. The third kappa shape index (κ3) is 4.37. The Bertz CT molecular complexity index is 984. The Labute approximate surface area is 158 Å². The van der Waals surface area contributed by atoms with Gasteiger partial charge in [0.05, 0.1) is 17.6 Å². The van der Waals surface area contributed by atoms with E-state index in [4.69, 9.17) is 4.74 Å². The summed E-state index contributed by atoms with van der Waals surface area (Å²) in [5, 5.41) is 22.8. The summed E-state index contributed by atoms with van der Waals surface area (Å²) in [7, 11) is 1.25. The topological polar surface area (TPSA) is 122 Å². The van der Waals surface area contributed by atoms with Crippen LogP contribution in [0.2, 0.25) is 0 Å². The molecule has 138 valence electrons. The number of amides is 1. The van der Waals surface area contributed by atoms with E-state index in [1.807, 2.05) is 0 Å². The average Bonchev–Trinajstić information content (AvgIpc) is 2.92. The van der Waals surface area contributed by atoms with Crippen LogP contribution in [0.4, 0.5) is 10.7 Å². The number of nitrogens with one attached hydrogen (secondary N) is 1. The van der Waals surface area contributed by atoms with Crippen LogP contribution >= 0.6 is 11.3 Å². The second-order valence-corrected chi connectivity index (χ2v) is 6.68. The molecule has 0 fully saturated rings. The highest BCUT2D eigenvalue weighted by molar-refractivity contribution is 7.16. The number of carbonyl (C=O) groups excluding carboxylic acids is 2. The lowest BCUT2D eigenvalue weighted by atomic mass is 10.1. The summed E-state index contributed by atoms with van der Waals surface area (Å²) in [6, 6.07) is 7.22. The number of ether oxygens (including phenoxy) is 1. The maximum atomic E-state index is 12.5. The van der Waals surface area contributed by atoms with Crippen LogP contribution in [-0.4, -0.2) is 23.9 Å². The molecule has 2 aromatic rings. The van der Waals surface area contributed by atoms with Gasteiger partial charge in [0.2, 0.25) is 0 Å². The van der Waals surface area contributed by atoms with Crippen LogP contribution in [0.3, 0.4) is 0 Å². The summed E-state index contributed by atoms with van der Waals surface area (Å²) < 4.78 is 4.75. The molecule has 1 aromatic carbocycles. The first-order valence-electron chi connectivity index (χ1n) is 7.64. The van der Waals surface area contributed by atoms with E-state index >= 15 is 0 Å². The van der Waals surface area contributed by atoms with E-state index < -0.39 is 16.8 Å². The van der Waals surface area contributed by atoms with Crippen molar-refractivity contribution in [3.05, 3.63) is 61.5 Å². The first kappa shape index (κ1) is 19.8. The van der Waals surface area contributed by atoms with Crippen molar-refractivity contribution in [3.63, 3.8) is 0 Å². The molecule has 9 heteroatoms. The Hall–Kier alpha value is -3.51. The van der Waals surface area contributed by atoms with Gasteiger partial charge in [-0.1, -0.05) is 0 Å². The number of aryl methyl sites for hydroxylation is 1. The molecule has 1 aromatic heterocycles. The van der Waals surface area contributed by atoms with E-state index in [0.717, 1.165) is 4.88 Å². The number of nitro benzene ring substituents is 1. The standard InChI is InChI=1S/C18H15N3O5S/c1-10-11(2)27-17(15(10)18(23)26-3)20-16(22)13(9-19)8-12-4-6-14(7-5-12)21(24)25/h4-8H,1-3H3,(H,20,22)/b13-8+. The number of nitriles is 1. The molecular formula is C18H15N3O5S. The van der Waals surface area contributed by atoms with E-state index in [-0.39, 0.29) is 16.8 Å². The number of hydrogen-bond acceptors (Lipinski definition) is 7. The van der Waals surface area contributed by atoms with Crippen molar-refractivity contribution in [1.29, 1.82) is 5.26 Å². The van der Waals surface area contributed by atoms with Gasteiger partial charge >= 0.3 is 5.97 Å². The number of carbonyl (C=O) groups is 2. The zero-order valence-corrected chi connectivity index (χ0v) is 15.5. The normalized spacial score (nSPS) is 10.8. The van der Waals surface area contributed by atoms with E-state index in [2.05, 4.69) is 5.32 Å². The summed E-state index contributed by atoms with van der Waals surface area (Å²) in [5.74, 6) is -1.27. The molecule has 0 bridgehead atoms. The van der Waals surface area contributed by atoms with Gasteiger partial charge in [-0.25, -0.2) is 4.79 Å². The highest BCUT2D eigenvalue weighted by atomic mass is 32.1. The van der Waals surface area contributed by atoms with E-state index in [1.54, 1.807) is 19.9 Å². The molecule has 27 heavy (non-hydrogen) atoms. The lowest BCUT2D eigenvalue weighted by molar-refractivity contribution is -0.384. The lowest BCUT2D eigenvalue weighted by Gasteiger charge is -2.05. The zero-order valence-electron chi connectivity index (χ0n) is 14.7. The van der Waals surface area contributed by atoms with Crippen LogP contribution in [0.1, 0.15) is 26.4 Å². The Balaban J connectivity index is 2.31. The highest BCUT2D eigenvalue weighted by Gasteiger charge is 2.22. The minimum atomic E-state index is -0.692. The summed E-state index contributed by atoms with van der Waals surface area (Å²) in [6.45, 7) is 3.55. The molecule has 0 aliphatic rings. The second-order valence-electron chi connectivity index (χ2n) is 5.45. The second kappa shape index (κ2) is 8.25. The van der Waals surface area contributed by atoms with Crippen LogP contribution in [0, 0.1) is 35.3 Å². The third-order valence-electron chi connectivity index (χ3n) is 3.78. The summed E-state index contributed by atoms with van der Waals surface area (Å²) in [4.78, 5) is 35.4. The number of nitro groups is 1. The minimum Gasteiger partial charge on any atom is -0.465 e. The van der Waals surface area contributed by atoms with Gasteiger partial charge in [0.25, 0.3) is 11.6 Å². The predicted octanol–water partition coefficient (Wildman–Crippen LogP) is 3.61. The number of benzene rings is 1. The fraction of sp³-hybridized carbons (Fsp3) is 0.167. The van der Waals surface area contributed by atoms with Gasteiger partial charge < -0.3 is 10.1 Å². The number of esters is 1. The third-order valence-corrected chi connectivity index (χ3v) is 4.90. The number of thiophene rings is 1. The minimum absolute atomic E-state index is 0.0950. The maximum absolute atomic E-state index is 12.5. The van der Waals surface area contributed by atoms with Gasteiger partial charge in [0, 0.05) is 17.0 Å². The van der Waals surface area contributed by atoms with E-state index in [9.17, 15) is 25.0 Å². The number of nitrogens with zero attached hydrogens (tertiary/aromatic N) is 2. The fourth-order valence-electron chi connectivity index (χ4n) is 2.24. The van der Waals surface area contributed by atoms with Crippen molar-refractivity contribution in [1.82, 2.24) is 0 Å². The fourth-order valence-corrected chi connectivity index (χ4v) is 3.28. The van der Waals surface area contributed by atoms with Gasteiger partial charge in [-0.2, -0.15) is 5.26 Å². The number of non-ortho nitro benzene ring substituents is 1. The number of rotatable bonds is 5. The van der Waals surface area contributed by atoms with Crippen LogP contribution < -0.4 is 5.32 Å². The average molecular weight is 385 g/mol. The Kier molecular flexibility index (Phi) is 6.05. The van der Waals surface area contributed by atoms with E-state index in [0.29, 0.717) is 16.1 Å². The molecule has 1 amide bonds. The molecule has 2 rings (SSSR count). The molecule has 0 atom stereocenters. The number of hydrogen-bond donors (Lipinski definition) is 1. The van der Waals surface area contributed by atoms with Crippen LogP contribution in [-0.2, 0) is 9.53 Å². The quantitative estimate of drug-likeness (QED) is 0.276. The lowest BCUT2D eigenvalue weighted by Crippen LogP contribution is -2.15. The molecule has 8 nitrogen and oxygen atoms in total. The van der Waals surface area contributed by atoms with E-state index in [1.165, 1.54) is 48.8 Å². The van der Waals surface area contributed by atoms with Crippen LogP contribution in [0.15, 0.2) is 29.8 Å². The first-order valence-corrected chi connectivity index (χ1v) is 8.46. The largest absolute Gasteiger partial charge is 0.465 e. The van der Waals surface area contributed by atoms with Crippen molar-refractivity contribution in [2.45, 2.75) is 13.8 Å². The molecule has 0 unspecified atom stereocenters. The maximum Gasteiger partial charge on any atom is 0.341 e. The summed E-state index contributed by atoms with van der Waals surface area (Å²) in [5.41, 5.74) is 1.10. The van der Waals surface area contributed by atoms with Crippen molar-refractivity contribution in [2.24, 2.45) is 0 Å². The molecule has 1 heterocycles. The molecule has 0 aliphatic carbocycles. The molecule has 0 aliphatic heterocycles. The van der Waals surface area contributed by atoms with Gasteiger partial charge in [0.15, 0.2) is 0 Å². The highest BCUT2D eigenvalue weighted by Crippen LogP contribution is 2.33. The van der Waals surface area contributed by atoms with Crippen LogP contribution in [0.25, 0.3) is 6.08 Å². The zero-order chi connectivity index (χ0) is 20.1. The van der Waals surface area contributed by atoms with Gasteiger partial charge in [0.1, 0.15) is 16.6 Å². The molecule has 1 N–H and O–H groups in total. The smallest absolute Gasteiger partial charge is 0.341 e. The van der Waals surface area contributed by atoms with Crippen molar-refractivity contribution >= 4 is 40.0 Å². The van der Waals surface area contributed by atoms with Crippen molar-refractivity contribution < 1.29 is 19.2 Å². The Morgan fingerprint density at radius 1 is 1.30 bits per heavy atom. The summed E-state index contributed by atoms with van der Waals surface area (Å²) >= 11 is 1.21. The Morgan fingerprint density at radius 3 is 2.44 bits per heavy atom.